The van der Waals surface area contributed by atoms with E-state index in [0.29, 0.717) is 0 Å². The lowest BCUT2D eigenvalue weighted by atomic mass is 9.86. The molecular weight excluding hydrogens is 194 g/mol. The van der Waals surface area contributed by atoms with Crippen LogP contribution in [0.15, 0.2) is 41.5 Å². The van der Waals surface area contributed by atoms with Crippen LogP contribution in [0.1, 0.15) is 44.7 Å². The van der Waals surface area contributed by atoms with Gasteiger partial charge in [-0.1, -0.05) is 51.1 Å². The van der Waals surface area contributed by atoms with Crippen molar-refractivity contribution in [1.82, 2.24) is 0 Å². The first-order chi connectivity index (χ1) is 7.57. The molecule has 16 heavy (non-hydrogen) atoms. The van der Waals surface area contributed by atoms with Gasteiger partial charge in [-0.3, -0.25) is 4.99 Å². The van der Waals surface area contributed by atoms with E-state index in [-0.39, 0.29) is 5.41 Å². The smallest absolute Gasteiger partial charge is 0.0478 e. The van der Waals surface area contributed by atoms with E-state index in [4.69, 9.17) is 0 Å². The van der Waals surface area contributed by atoms with E-state index in [1.165, 1.54) is 16.8 Å². The van der Waals surface area contributed by atoms with Gasteiger partial charge in [0.25, 0.3) is 0 Å². The molecule has 0 atom stereocenters. The van der Waals surface area contributed by atoms with Crippen LogP contribution in [0.3, 0.4) is 0 Å². The molecule has 2 rings (SSSR count). The first kappa shape index (κ1) is 11.1. The molecule has 0 saturated carbocycles. The van der Waals surface area contributed by atoms with Gasteiger partial charge in [0.1, 0.15) is 0 Å². The van der Waals surface area contributed by atoms with E-state index in [0.717, 1.165) is 12.8 Å². The van der Waals surface area contributed by atoms with E-state index < -0.39 is 0 Å². The van der Waals surface area contributed by atoms with Crippen LogP contribution in [0.4, 0.5) is 0 Å². The Bertz CT molecular complexity index is 416. The molecule has 0 radical (unpaired) electrons. The van der Waals surface area contributed by atoms with Crippen molar-refractivity contribution in [3.8, 4) is 0 Å². The van der Waals surface area contributed by atoms with Crippen molar-refractivity contribution in [2.24, 2.45) is 4.99 Å². The Morgan fingerprint density at radius 3 is 2.25 bits per heavy atom. The first-order valence-electron chi connectivity index (χ1n) is 5.90. The topological polar surface area (TPSA) is 12.4 Å². The molecular formula is C15H19N. The van der Waals surface area contributed by atoms with Crippen LogP contribution in [-0.2, 0) is 5.41 Å². The fourth-order valence-electron chi connectivity index (χ4n) is 1.88. The number of benzene rings is 1. The number of nitrogens with zero attached hydrogens (tertiary/aromatic N) is 1. The van der Waals surface area contributed by atoms with Gasteiger partial charge in [0.15, 0.2) is 0 Å². The van der Waals surface area contributed by atoms with Gasteiger partial charge < -0.3 is 0 Å². The lowest BCUT2D eigenvalue weighted by molar-refractivity contribution is 0.590. The standard InChI is InChI=1S/C15H19N/c1-15(2,3)13-9-7-12(8-10-13)14-6-4-5-11-16-14/h5,7-11H,4,6H2,1-3H3. The highest BCUT2D eigenvalue weighted by Gasteiger charge is 2.13. The fourth-order valence-corrected chi connectivity index (χ4v) is 1.88. The molecule has 0 bridgehead atoms. The van der Waals surface area contributed by atoms with Gasteiger partial charge in [-0.15, -0.1) is 0 Å². The summed E-state index contributed by atoms with van der Waals surface area (Å²) in [4.78, 5) is 4.43. The largest absolute Gasteiger partial charge is 0.261 e. The molecule has 1 aliphatic heterocycles. The van der Waals surface area contributed by atoms with E-state index >= 15 is 0 Å². The summed E-state index contributed by atoms with van der Waals surface area (Å²) >= 11 is 0. The van der Waals surface area contributed by atoms with Gasteiger partial charge in [-0.25, -0.2) is 0 Å². The Kier molecular flexibility index (Phi) is 2.95. The molecule has 0 amide bonds. The van der Waals surface area contributed by atoms with Crippen LogP contribution in [0, 0.1) is 0 Å². The van der Waals surface area contributed by atoms with E-state index in [1.807, 2.05) is 6.20 Å². The molecule has 0 saturated heterocycles. The van der Waals surface area contributed by atoms with E-state index in [1.54, 1.807) is 0 Å². The van der Waals surface area contributed by atoms with Crippen LogP contribution >= 0.6 is 0 Å². The summed E-state index contributed by atoms with van der Waals surface area (Å²) in [5, 5.41) is 0. The predicted molar refractivity (Wildman–Crippen MR) is 70.1 cm³/mol. The van der Waals surface area contributed by atoms with Crippen molar-refractivity contribution in [3.63, 3.8) is 0 Å². The van der Waals surface area contributed by atoms with Crippen molar-refractivity contribution in [1.29, 1.82) is 0 Å². The van der Waals surface area contributed by atoms with E-state index in [2.05, 4.69) is 56.1 Å². The van der Waals surface area contributed by atoms with Crippen molar-refractivity contribution < 1.29 is 0 Å². The average molecular weight is 213 g/mol. The maximum atomic E-state index is 4.43. The summed E-state index contributed by atoms with van der Waals surface area (Å²) in [6.07, 6.45) is 6.20. The van der Waals surface area contributed by atoms with Gasteiger partial charge in [-0.2, -0.15) is 0 Å². The predicted octanol–water partition coefficient (Wildman–Crippen LogP) is 4.08. The highest BCUT2D eigenvalue weighted by Crippen LogP contribution is 2.23. The zero-order valence-corrected chi connectivity index (χ0v) is 10.3. The SMILES string of the molecule is CC(C)(C)c1ccc(C2=NC=CCC2)cc1. The molecule has 1 aromatic carbocycles. The molecule has 1 aliphatic rings. The van der Waals surface area contributed by atoms with E-state index in [9.17, 15) is 0 Å². The molecule has 1 heteroatoms. The Balaban J connectivity index is 2.26. The molecule has 0 N–H and O–H groups in total. The maximum Gasteiger partial charge on any atom is 0.0478 e. The van der Waals surface area contributed by atoms with Crippen molar-refractivity contribution in [2.45, 2.75) is 39.0 Å². The fraction of sp³-hybridized carbons (Fsp3) is 0.400. The molecule has 0 fully saturated rings. The highest BCUT2D eigenvalue weighted by molar-refractivity contribution is 6.01. The number of rotatable bonds is 1. The van der Waals surface area contributed by atoms with Gasteiger partial charge in [0.05, 0.1) is 0 Å². The zero-order valence-electron chi connectivity index (χ0n) is 10.3. The Labute approximate surface area is 97.9 Å². The third-order valence-electron chi connectivity index (χ3n) is 2.97. The van der Waals surface area contributed by atoms with Crippen LogP contribution in [0.5, 0.6) is 0 Å². The summed E-state index contributed by atoms with van der Waals surface area (Å²) < 4.78 is 0. The van der Waals surface area contributed by atoms with Gasteiger partial charge in [-0.05, 0) is 29.4 Å². The molecule has 0 aromatic heterocycles. The summed E-state index contributed by atoms with van der Waals surface area (Å²) in [5.41, 5.74) is 4.08. The quantitative estimate of drug-likeness (QED) is 0.666. The second kappa shape index (κ2) is 4.25. The van der Waals surface area contributed by atoms with Gasteiger partial charge >= 0.3 is 0 Å². The Morgan fingerprint density at radius 2 is 1.75 bits per heavy atom. The van der Waals surface area contributed by atoms with Crippen LogP contribution in [0.25, 0.3) is 0 Å². The molecule has 1 nitrogen and oxygen atoms in total. The minimum Gasteiger partial charge on any atom is -0.261 e. The van der Waals surface area contributed by atoms with Crippen molar-refractivity contribution in [2.75, 3.05) is 0 Å². The lowest BCUT2D eigenvalue weighted by Gasteiger charge is -2.19. The van der Waals surface area contributed by atoms with Crippen LogP contribution in [-0.4, -0.2) is 5.71 Å². The maximum absolute atomic E-state index is 4.43. The molecule has 84 valence electrons. The average Bonchev–Trinajstić information content (AvgIpc) is 2.29. The zero-order chi connectivity index (χ0) is 11.6. The van der Waals surface area contributed by atoms with Gasteiger partial charge in [0, 0.05) is 11.9 Å². The lowest BCUT2D eigenvalue weighted by Crippen LogP contribution is -2.11. The second-order valence-electron chi connectivity index (χ2n) is 5.33. The van der Waals surface area contributed by atoms with Crippen LogP contribution < -0.4 is 0 Å². The molecule has 0 aliphatic carbocycles. The molecule has 1 heterocycles. The molecule has 0 spiro atoms. The number of hydrogen-bond donors (Lipinski definition) is 0. The second-order valence-corrected chi connectivity index (χ2v) is 5.33. The number of aliphatic imine (C=N–C) groups is 1. The van der Waals surface area contributed by atoms with Gasteiger partial charge in [0.2, 0.25) is 0 Å². The van der Waals surface area contributed by atoms with Crippen molar-refractivity contribution >= 4 is 5.71 Å². The minimum absolute atomic E-state index is 0.229. The first-order valence-corrected chi connectivity index (χ1v) is 5.90. The summed E-state index contributed by atoms with van der Waals surface area (Å²) in [7, 11) is 0. The third kappa shape index (κ3) is 2.41. The Hall–Kier alpha value is -1.37. The third-order valence-corrected chi connectivity index (χ3v) is 2.97. The van der Waals surface area contributed by atoms with Crippen LogP contribution in [0.2, 0.25) is 0 Å². The minimum atomic E-state index is 0.229. The highest BCUT2D eigenvalue weighted by atomic mass is 14.7. The molecule has 1 aromatic rings. The van der Waals surface area contributed by atoms with Crippen molar-refractivity contribution in [3.05, 3.63) is 47.7 Å². The summed E-state index contributed by atoms with van der Waals surface area (Å²) in [5.74, 6) is 0. The number of hydrogen-bond acceptors (Lipinski definition) is 1. The normalized spacial score (nSPS) is 16.1. The summed E-state index contributed by atoms with van der Waals surface area (Å²) in [6, 6.07) is 8.82. The Morgan fingerprint density at radius 1 is 1.06 bits per heavy atom. The number of allylic oxidation sites excluding steroid dienone is 1. The molecule has 0 unspecified atom stereocenters. The monoisotopic (exact) mass is 213 g/mol. The summed E-state index contributed by atoms with van der Waals surface area (Å²) in [6.45, 7) is 6.72.